The van der Waals surface area contributed by atoms with Gasteiger partial charge in [-0.05, 0) is 19.1 Å². The van der Waals surface area contributed by atoms with Gasteiger partial charge in [0, 0.05) is 20.4 Å². The van der Waals surface area contributed by atoms with E-state index in [2.05, 4.69) is 25.5 Å². The molecule has 0 fully saturated rings. The molecule has 4 atom stereocenters. The number of imidazole rings is 1. The van der Waals surface area contributed by atoms with Crippen molar-refractivity contribution in [3.8, 4) is 0 Å². The predicted octanol–water partition coefficient (Wildman–Crippen LogP) is -2.23. The van der Waals surface area contributed by atoms with Gasteiger partial charge in [-0.3, -0.25) is 28.7 Å². The number of phosphoric ester groups is 1. The highest BCUT2D eigenvalue weighted by atomic mass is 31.2. The fourth-order valence-electron chi connectivity index (χ4n) is 3.58. The highest BCUT2D eigenvalue weighted by molar-refractivity contribution is 7.46. The summed E-state index contributed by atoms with van der Waals surface area (Å²) in [5, 5.41) is 18.4. The number of aliphatic hydroxyl groups excluding tert-OH is 1. The maximum absolute atomic E-state index is 13.1. The third kappa shape index (κ3) is 9.46. The molecule has 1 heterocycles. The molecule has 17 heteroatoms. The van der Waals surface area contributed by atoms with Gasteiger partial charge in [-0.25, -0.2) is 14.2 Å². The van der Waals surface area contributed by atoms with Crippen molar-refractivity contribution in [2.75, 3.05) is 18.7 Å². The molecule has 4 amide bonds. The van der Waals surface area contributed by atoms with Gasteiger partial charge in [-0.15, -0.1) is 0 Å². The maximum Gasteiger partial charge on any atom is 0.469 e. The van der Waals surface area contributed by atoms with Gasteiger partial charge in [0.1, 0.15) is 24.5 Å². The summed E-state index contributed by atoms with van der Waals surface area (Å²) in [5.41, 5.74) is 6.55. The van der Waals surface area contributed by atoms with Gasteiger partial charge >= 0.3 is 7.82 Å². The van der Waals surface area contributed by atoms with Gasteiger partial charge in [0.15, 0.2) is 0 Å². The molecule has 0 aliphatic heterocycles. The first-order chi connectivity index (χ1) is 18.2. The molecule has 0 radical (unpaired) electrons. The van der Waals surface area contributed by atoms with Crippen molar-refractivity contribution >= 4 is 37.1 Å². The molecule has 0 aliphatic carbocycles. The van der Waals surface area contributed by atoms with Gasteiger partial charge < -0.3 is 36.6 Å². The number of hydrogen-bond acceptors (Lipinski definition) is 9. The molecule has 1 aromatic heterocycles. The molecule has 8 N–H and O–H groups in total. The Balaban J connectivity index is 2.18. The Kier molecular flexibility index (Phi) is 11.1. The second-order valence-corrected chi connectivity index (χ2v) is 9.67. The van der Waals surface area contributed by atoms with Gasteiger partial charge in [0.25, 0.3) is 0 Å². The molecule has 2 aromatic rings. The molecule has 0 saturated carbocycles. The molecule has 2 rings (SSSR count). The number of carbonyl (C=O) groups excluding carboxylic acids is 4. The average Bonchev–Trinajstić information content (AvgIpc) is 3.31. The first-order valence-corrected chi connectivity index (χ1v) is 13.1. The number of phosphoric acid groups is 1. The van der Waals surface area contributed by atoms with Crippen LogP contribution in [-0.2, 0) is 34.7 Å². The van der Waals surface area contributed by atoms with Crippen molar-refractivity contribution in [1.82, 2.24) is 25.6 Å². The molecular formula is C22H32N7O9P. The number of primary amides is 1. The molecule has 0 saturated heterocycles. The summed E-state index contributed by atoms with van der Waals surface area (Å²) in [6.45, 7) is 1.37. The van der Waals surface area contributed by atoms with E-state index in [0.717, 1.165) is 12.6 Å². The summed E-state index contributed by atoms with van der Waals surface area (Å²) in [4.78, 5) is 71.5. The van der Waals surface area contributed by atoms with Crippen LogP contribution in [0.2, 0.25) is 0 Å². The zero-order chi connectivity index (χ0) is 29.3. The lowest BCUT2D eigenvalue weighted by molar-refractivity contribution is -0.134. The summed E-state index contributed by atoms with van der Waals surface area (Å²) in [6, 6.07) is 4.74. The molecule has 0 bridgehead atoms. The van der Waals surface area contributed by atoms with Crippen molar-refractivity contribution < 1.29 is 43.2 Å². The minimum atomic E-state index is -5.03. The number of aromatic nitrogens is 2. The number of anilines is 1. The predicted molar refractivity (Wildman–Crippen MR) is 137 cm³/mol. The van der Waals surface area contributed by atoms with Crippen molar-refractivity contribution in [3.63, 3.8) is 0 Å². The summed E-state index contributed by atoms with van der Waals surface area (Å²) >= 11 is 0. The Hall–Kier alpha value is -3.82. The average molecular weight is 570 g/mol. The Morgan fingerprint density at radius 1 is 1.10 bits per heavy atom. The molecule has 1 aromatic carbocycles. The number of hydrogen-bond donors (Lipinski definition) is 7. The largest absolute Gasteiger partial charge is 0.469 e. The number of nitrogens with zero attached hydrogens (tertiary/aromatic N) is 3. The second-order valence-electron chi connectivity index (χ2n) is 8.48. The Morgan fingerprint density at radius 3 is 2.26 bits per heavy atom. The lowest BCUT2D eigenvalue weighted by Crippen LogP contribution is -2.59. The summed E-state index contributed by atoms with van der Waals surface area (Å²) in [7, 11) is -3.26. The van der Waals surface area contributed by atoms with E-state index in [1.54, 1.807) is 16.7 Å². The number of nitrogens with two attached hydrogens (primary N) is 1. The van der Waals surface area contributed by atoms with E-state index in [-0.39, 0.29) is 6.42 Å². The maximum atomic E-state index is 13.1. The number of amides is 4. The summed E-state index contributed by atoms with van der Waals surface area (Å²) in [5.74, 6) is -3.66. The number of carbonyl (C=O) groups is 4. The number of nitrogens with one attached hydrogen (secondary N) is 3. The van der Waals surface area contributed by atoms with Crippen molar-refractivity contribution in [1.29, 1.82) is 0 Å². The molecule has 4 unspecified atom stereocenters. The van der Waals surface area contributed by atoms with Crippen molar-refractivity contribution in [3.05, 3.63) is 48.5 Å². The smallest absolute Gasteiger partial charge is 0.394 e. The molecule has 0 aliphatic rings. The first-order valence-electron chi connectivity index (χ1n) is 11.6. The van der Waals surface area contributed by atoms with Crippen molar-refractivity contribution in [2.24, 2.45) is 5.73 Å². The van der Waals surface area contributed by atoms with Crippen LogP contribution < -0.4 is 26.7 Å². The highest BCUT2D eigenvalue weighted by Gasteiger charge is 2.34. The van der Waals surface area contributed by atoms with Crippen LogP contribution in [0.4, 0.5) is 5.69 Å². The van der Waals surface area contributed by atoms with Crippen molar-refractivity contribution in [2.45, 2.75) is 44.5 Å². The normalized spacial score (nSPS) is 14.4. The Bertz CT molecular complexity index is 1200. The zero-order valence-corrected chi connectivity index (χ0v) is 22.3. The van der Waals surface area contributed by atoms with Crippen LogP contribution in [0.15, 0.2) is 42.9 Å². The van der Waals surface area contributed by atoms with Crippen LogP contribution in [0, 0.1) is 0 Å². The molecular weight excluding hydrogens is 537 g/mol. The SMILES string of the molecule is CC(=O)NC(Cc1cncn1N(C)c1ccccc1)C(=O)NC(CO)C(=O)NC(C(N)=O)C(C)OP(=O)(O)O. The molecule has 39 heavy (non-hydrogen) atoms. The number of rotatable bonds is 14. The molecule has 0 spiro atoms. The van der Waals surface area contributed by atoms with Crippen LogP contribution in [-0.4, -0.2) is 86.1 Å². The van der Waals surface area contributed by atoms with E-state index < -0.39 is 62.3 Å². The van der Waals surface area contributed by atoms with E-state index >= 15 is 0 Å². The third-order valence-electron chi connectivity index (χ3n) is 5.45. The quantitative estimate of drug-likeness (QED) is 0.120. The fourth-order valence-corrected chi connectivity index (χ4v) is 4.14. The third-order valence-corrected chi connectivity index (χ3v) is 6.05. The fraction of sp³-hybridized carbons (Fsp3) is 0.409. The van der Waals surface area contributed by atoms with Crippen LogP contribution in [0.25, 0.3) is 0 Å². The Morgan fingerprint density at radius 2 is 1.72 bits per heavy atom. The number of aliphatic hydroxyl groups is 1. The number of benzene rings is 1. The monoisotopic (exact) mass is 569 g/mol. The minimum Gasteiger partial charge on any atom is -0.394 e. The molecule has 214 valence electrons. The zero-order valence-electron chi connectivity index (χ0n) is 21.4. The van der Waals surface area contributed by atoms with E-state index in [0.29, 0.717) is 5.69 Å². The van der Waals surface area contributed by atoms with E-state index in [1.165, 1.54) is 19.4 Å². The van der Waals surface area contributed by atoms with Crippen LogP contribution in [0.1, 0.15) is 19.5 Å². The van der Waals surface area contributed by atoms with Gasteiger partial charge in [0.05, 0.1) is 30.3 Å². The van der Waals surface area contributed by atoms with Crippen LogP contribution in [0.3, 0.4) is 0 Å². The lowest BCUT2D eigenvalue weighted by Gasteiger charge is -2.27. The highest BCUT2D eigenvalue weighted by Crippen LogP contribution is 2.38. The second kappa shape index (κ2) is 13.8. The van der Waals surface area contributed by atoms with E-state index in [4.69, 9.17) is 15.5 Å². The van der Waals surface area contributed by atoms with E-state index in [1.807, 2.05) is 30.3 Å². The van der Waals surface area contributed by atoms with E-state index in [9.17, 15) is 28.8 Å². The van der Waals surface area contributed by atoms with Crippen LogP contribution in [0.5, 0.6) is 0 Å². The Labute approximate surface area is 223 Å². The van der Waals surface area contributed by atoms with Gasteiger partial charge in [-0.2, -0.15) is 0 Å². The summed E-state index contributed by atoms with van der Waals surface area (Å²) in [6.07, 6.45) is 1.41. The standard InChI is InChI=1S/C22H32N7O9P/c1-13(38-39(35,36)37)19(20(23)32)27-22(34)18(11-30)26-21(33)17(25-14(2)31)9-16-10-24-12-29(16)28(3)15-7-5-4-6-8-15/h4-8,10,12-13,17-19,30H,9,11H2,1-3H3,(H2,23,32)(H,25,31)(H,26,33)(H,27,34)(H2,35,36,37). The van der Waals surface area contributed by atoms with Gasteiger partial charge in [0.2, 0.25) is 23.6 Å². The summed E-state index contributed by atoms with van der Waals surface area (Å²) < 4.78 is 17.2. The van der Waals surface area contributed by atoms with Crippen LogP contribution >= 0.6 is 7.82 Å². The van der Waals surface area contributed by atoms with Gasteiger partial charge in [-0.1, -0.05) is 18.2 Å². The molecule has 16 nitrogen and oxygen atoms in total. The first kappa shape index (κ1) is 31.4. The topological polar surface area (TPSA) is 238 Å². The minimum absolute atomic E-state index is 0.0561. The number of para-hydroxylation sites is 1. The lowest BCUT2D eigenvalue weighted by atomic mass is 10.1.